The molecule has 186 valence electrons. The zero-order chi connectivity index (χ0) is 25.7. The number of aryl methyl sites for hydroxylation is 1. The quantitative estimate of drug-likeness (QED) is 0.106. The van der Waals surface area contributed by atoms with E-state index in [0.717, 1.165) is 6.42 Å². The number of nitrogens with two attached hydrogens (primary N) is 3. The predicted octanol–water partition coefficient (Wildman–Crippen LogP) is 4.35. The summed E-state index contributed by atoms with van der Waals surface area (Å²) in [5.74, 6) is 0.168. The van der Waals surface area contributed by atoms with Gasteiger partial charge in [-0.25, -0.2) is 0 Å². The molecule has 0 saturated carbocycles. The van der Waals surface area contributed by atoms with Gasteiger partial charge in [0.1, 0.15) is 17.1 Å². The number of ketones is 1. The van der Waals surface area contributed by atoms with Crippen LogP contribution in [-0.2, 0) is 17.6 Å². The molecule has 0 fully saturated rings. The molecule has 1 amide bonds. The lowest BCUT2D eigenvalue weighted by molar-refractivity contribution is -0.118. The van der Waals surface area contributed by atoms with Crippen molar-refractivity contribution in [1.29, 1.82) is 0 Å². The summed E-state index contributed by atoms with van der Waals surface area (Å²) >= 11 is 0. The number of aromatic hydroxyl groups is 1. The predicted molar refractivity (Wildman–Crippen MR) is 139 cm³/mol. The molecule has 0 radical (unpaired) electrons. The summed E-state index contributed by atoms with van der Waals surface area (Å²) in [7, 11) is 0. The Hall–Kier alpha value is -4.46. The van der Waals surface area contributed by atoms with Crippen molar-refractivity contribution in [2.45, 2.75) is 32.1 Å². The number of carbonyl (C=O) groups is 2. The minimum Gasteiger partial charge on any atom is -0.504 e. The molecule has 36 heavy (non-hydrogen) atoms. The molecular formula is C28H29N3O5. The minimum absolute atomic E-state index is 0.0169. The first kappa shape index (κ1) is 24.7. The highest BCUT2D eigenvalue weighted by Gasteiger charge is 2.23. The molecule has 0 saturated heterocycles. The highest BCUT2D eigenvalue weighted by Crippen LogP contribution is 2.35. The topological polar surface area (TPSA) is 155 Å². The van der Waals surface area contributed by atoms with Crippen molar-refractivity contribution in [2.75, 3.05) is 18.1 Å². The fourth-order valence-electron chi connectivity index (χ4n) is 4.11. The van der Waals surface area contributed by atoms with Crippen LogP contribution >= 0.6 is 0 Å². The highest BCUT2D eigenvalue weighted by molar-refractivity contribution is 6.17. The highest BCUT2D eigenvalue weighted by atomic mass is 16.5. The van der Waals surface area contributed by atoms with Crippen LogP contribution in [0.3, 0.4) is 0 Å². The molecule has 0 aliphatic rings. The van der Waals surface area contributed by atoms with Gasteiger partial charge in [-0.15, -0.1) is 0 Å². The molecular weight excluding hydrogens is 458 g/mol. The largest absolute Gasteiger partial charge is 0.504 e. The Morgan fingerprint density at radius 2 is 1.64 bits per heavy atom. The van der Waals surface area contributed by atoms with Crippen LogP contribution in [0.1, 0.15) is 46.5 Å². The van der Waals surface area contributed by atoms with E-state index in [2.05, 4.69) is 0 Å². The van der Waals surface area contributed by atoms with Crippen molar-refractivity contribution in [2.24, 2.45) is 5.73 Å². The molecule has 0 spiro atoms. The second kappa shape index (κ2) is 10.9. The van der Waals surface area contributed by atoms with Crippen LogP contribution in [0.4, 0.5) is 11.4 Å². The number of carbonyl (C=O) groups excluding carboxylic acids is 2. The molecule has 0 aliphatic heterocycles. The maximum Gasteiger partial charge on any atom is 0.217 e. The summed E-state index contributed by atoms with van der Waals surface area (Å²) in [5, 5.41) is 10.5. The van der Waals surface area contributed by atoms with Gasteiger partial charge in [-0.3, -0.25) is 9.59 Å². The number of phenols is 1. The number of hydrogen-bond donors (Lipinski definition) is 4. The standard InChI is InChI=1S/C28H29N3O5/c29-21-14-18(15-22(30)28(21)34)27(33)26-20-11-10-19(35-13-12-17-6-2-1-3-7-17)16-24(20)36-23(26)8-4-5-9-25(31)32/h1-3,6-7,10-11,14-16,34H,4-5,8-9,12-13,29-30H2,(H2,31,32). The van der Waals surface area contributed by atoms with E-state index >= 15 is 0 Å². The number of phenolic OH excluding ortho intramolecular Hbond substituents is 1. The van der Waals surface area contributed by atoms with Gasteiger partial charge in [-0.05, 0) is 42.7 Å². The second-order valence-electron chi connectivity index (χ2n) is 8.65. The Morgan fingerprint density at radius 3 is 2.33 bits per heavy atom. The number of anilines is 2. The van der Waals surface area contributed by atoms with Crippen molar-refractivity contribution >= 4 is 34.0 Å². The van der Waals surface area contributed by atoms with Crippen molar-refractivity contribution in [3.8, 4) is 11.5 Å². The molecule has 7 N–H and O–H groups in total. The fourth-order valence-corrected chi connectivity index (χ4v) is 4.11. The number of nitrogen functional groups attached to an aromatic ring is 2. The van der Waals surface area contributed by atoms with Gasteiger partial charge in [0.15, 0.2) is 11.5 Å². The van der Waals surface area contributed by atoms with Crippen LogP contribution in [0.25, 0.3) is 11.0 Å². The number of hydrogen-bond acceptors (Lipinski definition) is 7. The number of amides is 1. The third kappa shape index (κ3) is 5.60. The average Bonchev–Trinajstić information content (AvgIpc) is 3.22. The Morgan fingerprint density at radius 1 is 0.917 bits per heavy atom. The van der Waals surface area contributed by atoms with Crippen molar-refractivity contribution in [3.05, 3.63) is 83.1 Å². The molecule has 1 heterocycles. The van der Waals surface area contributed by atoms with E-state index in [1.165, 1.54) is 17.7 Å². The third-order valence-electron chi connectivity index (χ3n) is 5.97. The van der Waals surface area contributed by atoms with E-state index in [-0.39, 0.29) is 40.8 Å². The second-order valence-corrected chi connectivity index (χ2v) is 8.65. The Bertz CT molecular complexity index is 1370. The first-order valence-corrected chi connectivity index (χ1v) is 11.8. The summed E-state index contributed by atoms with van der Waals surface area (Å²) in [6.07, 6.45) is 2.65. The zero-order valence-electron chi connectivity index (χ0n) is 19.8. The zero-order valence-corrected chi connectivity index (χ0v) is 19.8. The lowest BCUT2D eigenvalue weighted by Crippen LogP contribution is -2.10. The van der Waals surface area contributed by atoms with Crippen LogP contribution in [0, 0.1) is 0 Å². The maximum atomic E-state index is 13.6. The number of unbranched alkanes of at least 4 members (excludes halogenated alkanes) is 1. The molecule has 0 aliphatic carbocycles. The van der Waals surface area contributed by atoms with E-state index in [1.807, 2.05) is 30.3 Å². The fraction of sp³-hybridized carbons (Fsp3) is 0.214. The van der Waals surface area contributed by atoms with Gasteiger partial charge >= 0.3 is 0 Å². The van der Waals surface area contributed by atoms with Gasteiger partial charge in [0.25, 0.3) is 0 Å². The normalized spacial score (nSPS) is 11.0. The van der Waals surface area contributed by atoms with E-state index in [9.17, 15) is 14.7 Å². The van der Waals surface area contributed by atoms with Crippen LogP contribution in [0.15, 0.2) is 65.1 Å². The summed E-state index contributed by atoms with van der Waals surface area (Å²) < 4.78 is 12.0. The number of fused-ring (bicyclic) bond motifs is 1. The average molecular weight is 488 g/mol. The summed E-state index contributed by atoms with van der Waals surface area (Å²) in [6, 6.07) is 18.2. The Labute approximate surface area is 208 Å². The SMILES string of the molecule is NC(=O)CCCCc1oc2cc(OCCc3ccccc3)ccc2c1C(=O)c1cc(N)c(O)c(N)c1. The summed E-state index contributed by atoms with van der Waals surface area (Å²) in [4.78, 5) is 24.7. The minimum atomic E-state index is -0.372. The van der Waals surface area contributed by atoms with Crippen molar-refractivity contribution < 1.29 is 23.8 Å². The van der Waals surface area contributed by atoms with Crippen LogP contribution in [-0.4, -0.2) is 23.4 Å². The number of ether oxygens (including phenoxy) is 1. The third-order valence-corrected chi connectivity index (χ3v) is 5.97. The summed E-state index contributed by atoms with van der Waals surface area (Å²) in [6.45, 7) is 0.494. The van der Waals surface area contributed by atoms with Crippen LogP contribution in [0.2, 0.25) is 0 Å². The van der Waals surface area contributed by atoms with E-state index < -0.39 is 0 Å². The molecule has 0 bridgehead atoms. The molecule has 0 unspecified atom stereocenters. The summed E-state index contributed by atoms with van der Waals surface area (Å²) in [5.41, 5.74) is 19.3. The smallest absolute Gasteiger partial charge is 0.217 e. The van der Waals surface area contributed by atoms with Gasteiger partial charge in [-0.2, -0.15) is 0 Å². The van der Waals surface area contributed by atoms with Crippen LogP contribution in [0.5, 0.6) is 11.5 Å². The molecule has 8 nitrogen and oxygen atoms in total. The first-order chi connectivity index (χ1) is 17.3. The monoisotopic (exact) mass is 487 g/mol. The van der Waals surface area contributed by atoms with E-state index in [1.54, 1.807) is 18.2 Å². The number of benzene rings is 3. The number of furan rings is 1. The molecule has 4 rings (SSSR count). The lowest BCUT2D eigenvalue weighted by atomic mass is 9.97. The van der Waals surface area contributed by atoms with Crippen molar-refractivity contribution in [1.82, 2.24) is 0 Å². The van der Waals surface area contributed by atoms with Gasteiger partial charge < -0.3 is 31.5 Å². The number of primary amides is 1. The van der Waals surface area contributed by atoms with Gasteiger partial charge in [0, 0.05) is 36.3 Å². The first-order valence-electron chi connectivity index (χ1n) is 11.8. The van der Waals surface area contributed by atoms with E-state index in [4.69, 9.17) is 26.4 Å². The van der Waals surface area contributed by atoms with Gasteiger partial charge in [-0.1, -0.05) is 30.3 Å². The molecule has 4 aromatic rings. The molecule has 0 atom stereocenters. The Kier molecular flexibility index (Phi) is 7.44. The van der Waals surface area contributed by atoms with Crippen LogP contribution < -0.4 is 21.9 Å². The van der Waals surface area contributed by atoms with E-state index in [0.29, 0.717) is 53.9 Å². The molecule has 3 aromatic carbocycles. The lowest BCUT2D eigenvalue weighted by Gasteiger charge is -2.08. The molecule has 8 heteroatoms. The number of rotatable bonds is 11. The maximum absolute atomic E-state index is 13.6. The molecule has 1 aromatic heterocycles. The Balaban J connectivity index is 1.62. The van der Waals surface area contributed by atoms with Gasteiger partial charge in [0.05, 0.1) is 23.5 Å². The van der Waals surface area contributed by atoms with Gasteiger partial charge in [0.2, 0.25) is 5.91 Å². The van der Waals surface area contributed by atoms with Crippen molar-refractivity contribution in [3.63, 3.8) is 0 Å².